The van der Waals surface area contributed by atoms with Crippen LogP contribution in [0, 0.1) is 23.7 Å². The largest absolute Gasteiger partial charge is 0.367 e. The van der Waals surface area contributed by atoms with E-state index in [4.69, 9.17) is 0 Å². The monoisotopic (exact) mass is 278 g/mol. The second-order valence-corrected chi connectivity index (χ2v) is 6.44. The molecule has 3 aliphatic rings. The normalized spacial score (nSPS) is 43.2. The summed E-state index contributed by atoms with van der Waals surface area (Å²) in [7, 11) is 0. The standard InChI is InChI=1S/C13H15BrN2/c14-9-3-4-10(15-6-9)16-13-11-7-1-2-8(5-7)12(11)13/h3-4,6-8,11-13H,1-2,5H2,(H,15,16). The third-order valence-electron chi connectivity index (χ3n) is 4.78. The summed E-state index contributed by atoms with van der Waals surface area (Å²) in [5.74, 6) is 5.06. The molecule has 1 aromatic rings. The SMILES string of the molecule is Brc1ccc(NC2C3C4CCC(C4)C23)nc1. The van der Waals surface area contributed by atoms with Gasteiger partial charge in [-0.25, -0.2) is 4.98 Å². The average Bonchev–Trinajstić information content (AvgIpc) is 2.72. The second kappa shape index (κ2) is 3.22. The molecule has 0 amide bonds. The number of rotatable bonds is 2. The number of hydrogen-bond acceptors (Lipinski definition) is 2. The Morgan fingerprint density at radius 2 is 1.94 bits per heavy atom. The lowest BCUT2D eigenvalue weighted by molar-refractivity contribution is 0.456. The summed E-state index contributed by atoms with van der Waals surface area (Å²) in [5.41, 5.74) is 0. The fraction of sp³-hybridized carbons (Fsp3) is 0.615. The summed E-state index contributed by atoms with van der Waals surface area (Å²) in [4.78, 5) is 4.40. The van der Waals surface area contributed by atoms with E-state index < -0.39 is 0 Å². The fourth-order valence-corrected chi connectivity index (χ4v) is 4.38. The number of aromatic nitrogens is 1. The number of hydrogen-bond donors (Lipinski definition) is 1. The van der Waals surface area contributed by atoms with E-state index in [1.807, 2.05) is 6.20 Å². The van der Waals surface area contributed by atoms with Crippen LogP contribution in [0.3, 0.4) is 0 Å². The van der Waals surface area contributed by atoms with Gasteiger partial charge in [0.2, 0.25) is 0 Å². The number of pyridine rings is 1. The highest BCUT2D eigenvalue weighted by molar-refractivity contribution is 9.10. The Morgan fingerprint density at radius 3 is 2.56 bits per heavy atom. The van der Waals surface area contributed by atoms with Crippen molar-refractivity contribution in [3.05, 3.63) is 22.8 Å². The third-order valence-corrected chi connectivity index (χ3v) is 5.25. The summed E-state index contributed by atoms with van der Waals surface area (Å²) in [6.07, 6.45) is 6.35. The highest BCUT2D eigenvalue weighted by Gasteiger charge is 2.65. The van der Waals surface area contributed by atoms with Crippen LogP contribution in [0.4, 0.5) is 5.82 Å². The maximum atomic E-state index is 4.40. The molecule has 0 spiro atoms. The van der Waals surface area contributed by atoms with E-state index in [9.17, 15) is 0 Å². The zero-order valence-electron chi connectivity index (χ0n) is 9.07. The van der Waals surface area contributed by atoms with E-state index in [-0.39, 0.29) is 0 Å². The van der Waals surface area contributed by atoms with Gasteiger partial charge in [0.05, 0.1) is 0 Å². The van der Waals surface area contributed by atoms with Crippen molar-refractivity contribution < 1.29 is 0 Å². The van der Waals surface area contributed by atoms with E-state index in [0.717, 1.165) is 40.0 Å². The molecule has 3 aliphatic carbocycles. The summed E-state index contributed by atoms with van der Waals surface area (Å²) in [5, 5.41) is 3.61. The molecule has 0 aromatic carbocycles. The Labute approximate surface area is 104 Å². The minimum atomic E-state index is 0.736. The van der Waals surface area contributed by atoms with Crippen molar-refractivity contribution in [2.75, 3.05) is 5.32 Å². The number of anilines is 1. The van der Waals surface area contributed by atoms with Crippen molar-refractivity contribution in [3.63, 3.8) is 0 Å². The molecule has 4 atom stereocenters. The van der Waals surface area contributed by atoms with Gasteiger partial charge >= 0.3 is 0 Å². The highest BCUT2D eigenvalue weighted by Crippen LogP contribution is 2.66. The molecule has 4 unspecified atom stereocenters. The molecular formula is C13H15BrN2. The van der Waals surface area contributed by atoms with Gasteiger partial charge in [-0.1, -0.05) is 0 Å². The van der Waals surface area contributed by atoms with Crippen LogP contribution >= 0.6 is 15.9 Å². The molecule has 1 N–H and O–H groups in total. The summed E-state index contributed by atoms with van der Waals surface area (Å²) in [6.45, 7) is 0. The maximum absolute atomic E-state index is 4.40. The molecule has 4 rings (SSSR count). The molecule has 0 saturated heterocycles. The van der Waals surface area contributed by atoms with E-state index in [2.05, 4.69) is 38.4 Å². The lowest BCUT2D eigenvalue weighted by Crippen LogP contribution is -2.13. The first kappa shape index (κ1) is 9.46. The third kappa shape index (κ3) is 1.27. The summed E-state index contributed by atoms with van der Waals surface area (Å²) < 4.78 is 1.05. The van der Waals surface area contributed by atoms with E-state index >= 15 is 0 Å². The molecule has 2 nitrogen and oxygen atoms in total. The zero-order valence-corrected chi connectivity index (χ0v) is 10.7. The van der Waals surface area contributed by atoms with Crippen LogP contribution in [0.1, 0.15) is 19.3 Å². The Bertz CT molecular complexity index is 400. The van der Waals surface area contributed by atoms with Gasteiger partial charge in [0.1, 0.15) is 5.82 Å². The van der Waals surface area contributed by atoms with Gasteiger partial charge in [0.15, 0.2) is 0 Å². The van der Waals surface area contributed by atoms with Crippen molar-refractivity contribution in [1.29, 1.82) is 0 Å². The number of nitrogens with one attached hydrogen (secondary N) is 1. The van der Waals surface area contributed by atoms with Gasteiger partial charge in [-0.2, -0.15) is 0 Å². The van der Waals surface area contributed by atoms with Gasteiger partial charge in [0, 0.05) is 16.7 Å². The Hall–Kier alpha value is -0.570. The van der Waals surface area contributed by atoms with Gasteiger partial charge < -0.3 is 5.32 Å². The first-order valence-electron chi connectivity index (χ1n) is 6.21. The Morgan fingerprint density at radius 1 is 1.19 bits per heavy atom. The molecule has 84 valence electrons. The van der Waals surface area contributed by atoms with E-state index in [0.29, 0.717) is 0 Å². The summed E-state index contributed by atoms with van der Waals surface area (Å²) >= 11 is 3.41. The molecule has 2 bridgehead atoms. The first-order valence-corrected chi connectivity index (χ1v) is 7.00. The number of halogens is 1. The quantitative estimate of drug-likeness (QED) is 0.898. The smallest absolute Gasteiger partial charge is 0.126 e. The van der Waals surface area contributed by atoms with Gasteiger partial charge in [-0.15, -0.1) is 0 Å². The van der Waals surface area contributed by atoms with Crippen molar-refractivity contribution >= 4 is 21.7 Å². The first-order chi connectivity index (χ1) is 7.83. The fourth-order valence-electron chi connectivity index (χ4n) is 4.15. The summed E-state index contributed by atoms with van der Waals surface area (Å²) in [6, 6.07) is 4.86. The molecule has 16 heavy (non-hydrogen) atoms. The lowest BCUT2D eigenvalue weighted by Gasteiger charge is -2.10. The molecule has 3 fully saturated rings. The van der Waals surface area contributed by atoms with Crippen molar-refractivity contribution in [3.8, 4) is 0 Å². The molecule has 1 aromatic heterocycles. The minimum absolute atomic E-state index is 0.736. The van der Waals surface area contributed by atoms with Gasteiger partial charge in [0.25, 0.3) is 0 Å². The predicted molar refractivity (Wildman–Crippen MR) is 67.2 cm³/mol. The van der Waals surface area contributed by atoms with Crippen molar-refractivity contribution in [2.45, 2.75) is 25.3 Å². The van der Waals surface area contributed by atoms with Crippen LogP contribution in [-0.4, -0.2) is 11.0 Å². The van der Waals surface area contributed by atoms with Gasteiger partial charge in [-0.3, -0.25) is 0 Å². The lowest BCUT2D eigenvalue weighted by atomic mass is 10.0. The Kier molecular flexibility index (Phi) is 1.90. The van der Waals surface area contributed by atoms with Crippen molar-refractivity contribution in [1.82, 2.24) is 4.98 Å². The maximum Gasteiger partial charge on any atom is 0.126 e. The molecule has 3 saturated carbocycles. The number of fused-ring (bicyclic) bond motifs is 5. The highest BCUT2D eigenvalue weighted by atomic mass is 79.9. The molecule has 3 heteroatoms. The van der Waals surface area contributed by atoms with Crippen LogP contribution in [0.2, 0.25) is 0 Å². The molecule has 0 radical (unpaired) electrons. The van der Waals surface area contributed by atoms with Crippen LogP contribution < -0.4 is 5.32 Å². The number of nitrogens with zero attached hydrogens (tertiary/aromatic N) is 1. The average molecular weight is 279 g/mol. The molecule has 1 heterocycles. The predicted octanol–water partition coefficient (Wildman–Crippen LogP) is 3.30. The topological polar surface area (TPSA) is 24.9 Å². The van der Waals surface area contributed by atoms with E-state index in [1.165, 1.54) is 19.3 Å². The van der Waals surface area contributed by atoms with Crippen LogP contribution in [0.15, 0.2) is 22.8 Å². The second-order valence-electron chi connectivity index (χ2n) is 5.52. The zero-order chi connectivity index (χ0) is 10.7. The Balaban J connectivity index is 1.48. The van der Waals surface area contributed by atoms with Gasteiger partial charge in [-0.05, 0) is 71.0 Å². The van der Waals surface area contributed by atoms with Crippen LogP contribution in [-0.2, 0) is 0 Å². The van der Waals surface area contributed by atoms with Crippen molar-refractivity contribution in [2.24, 2.45) is 23.7 Å². The molecular weight excluding hydrogens is 264 g/mol. The minimum Gasteiger partial charge on any atom is -0.367 e. The van der Waals surface area contributed by atoms with Crippen LogP contribution in [0.25, 0.3) is 0 Å². The molecule has 0 aliphatic heterocycles. The van der Waals surface area contributed by atoms with E-state index in [1.54, 1.807) is 0 Å². The van der Waals surface area contributed by atoms with Crippen LogP contribution in [0.5, 0.6) is 0 Å².